The molecule has 2 saturated heterocycles. The molecule has 1 aromatic carbocycles. The first-order valence-electron chi connectivity index (χ1n) is 8.98. The summed E-state index contributed by atoms with van der Waals surface area (Å²) in [7, 11) is 0. The summed E-state index contributed by atoms with van der Waals surface area (Å²) in [5.74, 6) is 0.882. The van der Waals surface area contributed by atoms with E-state index in [0.29, 0.717) is 11.9 Å². The Morgan fingerprint density at radius 3 is 2.67 bits per heavy atom. The minimum absolute atomic E-state index is 0.257. The Hall–Kier alpha value is -1.85. The molecule has 2 fully saturated rings. The number of rotatable bonds is 5. The van der Waals surface area contributed by atoms with Crippen molar-refractivity contribution in [3.8, 4) is 17.2 Å². The van der Waals surface area contributed by atoms with Gasteiger partial charge in [0.25, 0.3) is 0 Å². The molecule has 2 aliphatic rings. The van der Waals surface area contributed by atoms with E-state index in [1.807, 2.05) is 12.1 Å². The van der Waals surface area contributed by atoms with Crippen LogP contribution >= 0.6 is 0 Å². The molecule has 0 spiro atoms. The van der Waals surface area contributed by atoms with Crippen molar-refractivity contribution in [2.75, 3.05) is 26.2 Å². The number of hydrogen-bond donors (Lipinski definition) is 1. The normalized spacial score (nSPS) is 22.4. The summed E-state index contributed by atoms with van der Waals surface area (Å²) in [5, 5.41) is 9.38. The summed E-state index contributed by atoms with van der Waals surface area (Å²) in [5.41, 5.74) is 1.89. The van der Waals surface area contributed by atoms with Gasteiger partial charge in [-0.1, -0.05) is 0 Å². The largest absolute Gasteiger partial charge is 0.508 e. The van der Waals surface area contributed by atoms with Crippen LogP contribution in [0, 0.1) is 0 Å². The first kappa shape index (κ1) is 15.7. The van der Waals surface area contributed by atoms with Gasteiger partial charge >= 0.3 is 0 Å². The second kappa shape index (κ2) is 6.95. The monoisotopic (exact) mass is 327 g/mol. The molecule has 1 N–H and O–H groups in total. The first-order valence-corrected chi connectivity index (χ1v) is 8.98. The predicted octanol–water partition coefficient (Wildman–Crippen LogP) is 3.11. The molecule has 1 atom stereocenters. The van der Waals surface area contributed by atoms with Crippen LogP contribution in [0.1, 0.15) is 31.4 Å². The zero-order valence-corrected chi connectivity index (χ0v) is 14.0. The number of nitrogens with zero attached hydrogens (tertiary/aromatic N) is 3. The predicted molar refractivity (Wildman–Crippen MR) is 92.7 cm³/mol. The smallest absolute Gasteiger partial charge is 0.226 e. The van der Waals surface area contributed by atoms with Gasteiger partial charge in [0.2, 0.25) is 5.89 Å². The molecule has 2 aliphatic heterocycles. The van der Waals surface area contributed by atoms with Crippen LogP contribution < -0.4 is 0 Å². The van der Waals surface area contributed by atoms with Gasteiger partial charge in [-0.3, -0.25) is 4.90 Å². The minimum Gasteiger partial charge on any atom is -0.508 e. The second-order valence-corrected chi connectivity index (χ2v) is 6.97. The van der Waals surface area contributed by atoms with E-state index in [2.05, 4.69) is 14.8 Å². The van der Waals surface area contributed by atoms with E-state index in [1.165, 1.54) is 45.3 Å². The van der Waals surface area contributed by atoms with Gasteiger partial charge in [-0.2, -0.15) is 0 Å². The molecule has 0 unspecified atom stereocenters. The molecule has 5 nitrogen and oxygen atoms in total. The summed E-state index contributed by atoms with van der Waals surface area (Å²) >= 11 is 0. The van der Waals surface area contributed by atoms with Crippen LogP contribution in [0.2, 0.25) is 0 Å². The lowest BCUT2D eigenvalue weighted by molar-refractivity contribution is 0.184. The number of oxazole rings is 1. The molecule has 1 aromatic heterocycles. The molecule has 128 valence electrons. The number of likely N-dealkylation sites (tertiary alicyclic amines) is 2. The highest BCUT2D eigenvalue weighted by Crippen LogP contribution is 2.25. The van der Waals surface area contributed by atoms with Gasteiger partial charge in [0.05, 0.1) is 5.69 Å². The lowest BCUT2D eigenvalue weighted by Crippen LogP contribution is -2.38. The van der Waals surface area contributed by atoms with E-state index in [0.717, 1.165) is 24.3 Å². The van der Waals surface area contributed by atoms with E-state index in [4.69, 9.17) is 4.42 Å². The fourth-order valence-corrected chi connectivity index (χ4v) is 3.90. The maximum Gasteiger partial charge on any atom is 0.226 e. The van der Waals surface area contributed by atoms with Gasteiger partial charge in [0.1, 0.15) is 12.0 Å². The Morgan fingerprint density at radius 2 is 1.88 bits per heavy atom. The number of benzene rings is 1. The highest BCUT2D eigenvalue weighted by molar-refractivity contribution is 5.54. The zero-order valence-electron chi connectivity index (χ0n) is 14.0. The highest BCUT2D eigenvalue weighted by Gasteiger charge is 2.28. The standard InChI is InChI=1S/C19H25N3O2/c23-18-7-5-15(6-8-18)19-20-16(14-24-19)12-22-11-3-4-17(22)13-21-9-1-2-10-21/h5-8,14,17,23H,1-4,9-13H2/t17-/m0/s1. The molecule has 0 radical (unpaired) electrons. The molecular formula is C19H25N3O2. The molecule has 24 heavy (non-hydrogen) atoms. The van der Waals surface area contributed by atoms with Gasteiger partial charge in [-0.05, 0) is 69.6 Å². The SMILES string of the molecule is Oc1ccc(-c2nc(CN3CCC[C@H]3CN3CCCC3)co2)cc1. The van der Waals surface area contributed by atoms with Crippen LogP contribution in [-0.4, -0.2) is 52.1 Å². The van der Waals surface area contributed by atoms with Gasteiger partial charge in [-0.25, -0.2) is 4.98 Å². The van der Waals surface area contributed by atoms with Crippen LogP contribution in [0.5, 0.6) is 5.75 Å². The molecule has 0 saturated carbocycles. The Morgan fingerprint density at radius 1 is 1.08 bits per heavy atom. The summed E-state index contributed by atoms with van der Waals surface area (Å²) in [6.07, 6.45) is 7.05. The number of hydrogen-bond acceptors (Lipinski definition) is 5. The average molecular weight is 327 g/mol. The summed E-state index contributed by atoms with van der Waals surface area (Å²) < 4.78 is 5.64. The van der Waals surface area contributed by atoms with E-state index < -0.39 is 0 Å². The molecule has 3 heterocycles. The third-order valence-corrected chi connectivity index (χ3v) is 5.20. The van der Waals surface area contributed by atoms with Gasteiger partial charge in [0, 0.05) is 24.7 Å². The Bertz CT molecular complexity index is 662. The number of aromatic hydroxyl groups is 1. The molecule has 4 rings (SSSR count). The van der Waals surface area contributed by atoms with E-state index in [9.17, 15) is 5.11 Å². The second-order valence-electron chi connectivity index (χ2n) is 6.97. The Kier molecular flexibility index (Phi) is 4.54. The fourth-order valence-electron chi connectivity index (χ4n) is 3.90. The Labute approximate surface area is 142 Å². The quantitative estimate of drug-likeness (QED) is 0.914. The molecule has 0 aliphatic carbocycles. The van der Waals surface area contributed by atoms with Crippen LogP contribution in [0.3, 0.4) is 0 Å². The lowest BCUT2D eigenvalue weighted by Gasteiger charge is -2.27. The van der Waals surface area contributed by atoms with Crippen LogP contribution in [0.25, 0.3) is 11.5 Å². The van der Waals surface area contributed by atoms with Crippen molar-refractivity contribution in [3.63, 3.8) is 0 Å². The average Bonchev–Trinajstić information content (AvgIpc) is 3.32. The maximum atomic E-state index is 9.38. The zero-order chi connectivity index (χ0) is 16.4. The van der Waals surface area contributed by atoms with Gasteiger partial charge in [-0.15, -0.1) is 0 Å². The molecular weight excluding hydrogens is 302 g/mol. The molecule has 2 aromatic rings. The Balaban J connectivity index is 1.40. The maximum absolute atomic E-state index is 9.38. The minimum atomic E-state index is 0.257. The van der Waals surface area contributed by atoms with Crippen LogP contribution in [-0.2, 0) is 6.54 Å². The third kappa shape index (κ3) is 3.47. The summed E-state index contributed by atoms with van der Waals surface area (Å²) in [6, 6.07) is 7.63. The number of phenols is 1. The van der Waals surface area contributed by atoms with Gasteiger partial charge < -0.3 is 14.4 Å². The number of aromatic nitrogens is 1. The van der Waals surface area contributed by atoms with Crippen molar-refractivity contribution in [3.05, 3.63) is 36.2 Å². The topological polar surface area (TPSA) is 52.7 Å². The van der Waals surface area contributed by atoms with Crippen molar-refractivity contribution >= 4 is 0 Å². The van der Waals surface area contributed by atoms with E-state index in [1.54, 1.807) is 18.4 Å². The van der Waals surface area contributed by atoms with E-state index >= 15 is 0 Å². The van der Waals surface area contributed by atoms with Crippen LogP contribution in [0.15, 0.2) is 34.9 Å². The van der Waals surface area contributed by atoms with Crippen molar-refractivity contribution < 1.29 is 9.52 Å². The highest BCUT2D eigenvalue weighted by atomic mass is 16.3. The van der Waals surface area contributed by atoms with E-state index in [-0.39, 0.29) is 5.75 Å². The molecule has 0 bridgehead atoms. The molecule has 5 heteroatoms. The van der Waals surface area contributed by atoms with Crippen molar-refractivity contribution in [1.29, 1.82) is 0 Å². The molecule has 0 amide bonds. The summed E-state index contributed by atoms with van der Waals surface area (Å²) in [4.78, 5) is 9.79. The first-order chi connectivity index (χ1) is 11.8. The van der Waals surface area contributed by atoms with Crippen molar-refractivity contribution in [1.82, 2.24) is 14.8 Å². The fraction of sp³-hybridized carbons (Fsp3) is 0.526. The van der Waals surface area contributed by atoms with Crippen LogP contribution in [0.4, 0.5) is 0 Å². The van der Waals surface area contributed by atoms with Crippen molar-refractivity contribution in [2.45, 2.75) is 38.3 Å². The lowest BCUT2D eigenvalue weighted by atomic mass is 10.2. The third-order valence-electron chi connectivity index (χ3n) is 5.20. The number of phenolic OH excluding ortho intramolecular Hbond substituents is 1. The van der Waals surface area contributed by atoms with Gasteiger partial charge in [0.15, 0.2) is 0 Å². The van der Waals surface area contributed by atoms with Crippen molar-refractivity contribution in [2.24, 2.45) is 0 Å². The summed E-state index contributed by atoms with van der Waals surface area (Å²) in [6.45, 7) is 5.74.